The van der Waals surface area contributed by atoms with Gasteiger partial charge in [0.15, 0.2) is 0 Å². The first-order valence-corrected chi connectivity index (χ1v) is 6.06. The maximum absolute atomic E-state index is 13.7. The maximum atomic E-state index is 13.7. The van der Waals surface area contributed by atoms with Crippen LogP contribution in [0.5, 0.6) is 0 Å². The van der Waals surface area contributed by atoms with Crippen molar-refractivity contribution >= 4 is 11.9 Å². The number of amides is 1. The van der Waals surface area contributed by atoms with Crippen molar-refractivity contribution in [3.05, 3.63) is 47.3 Å². The van der Waals surface area contributed by atoms with Crippen molar-refractivity contribution < 1.29 is 19.1 Å². The molecule has 0 aliphatic heterocycles. The number of carbonyl (C=O) groups excluding carboxylic acids is 1. The van der Waals surface area contributed by atoms with Gasteiger partial charge < -0.3 is 10.4 Å². The van der Waals surface area contributed by atoms with E-state index >= 15 is 0 Å². The van der Waals surface area contributed by atoms with E-state index in [1.807, 2.05) is 12.2 Å². The number of aromatic carboxylic acids is 1. The van der Waals surface area contributed by atoms with Gasteiger partial charge in [-0.25, -0.2) is 9.18 Å². The SMILES string of the molecule is O=C(O)c1ccc(C(=O)NC2CC=CCC2)c(F)c1. The summed E-state index contributed by atoms with van der Waals surface area (Å²) in [4.78, 5) is 22.6. The first-order valence-electron chi connectivity index (χ1n) is 6.06. The monoisotopic (exact) mass is 263 g/mol. The van der Waals surface area contributed by atoms with Crippen molar-refractivity contribution in [2.24, 2.45) is 0 Å². The molecule has 0 bridgehead atoms. The van der Waals surface area contributed by atoms with E-state index in [1.54, 1.807) is 0 Å². The highest BCUT2D eigenvalue weighted by atomic mass is 19.1. The highest BCUT2D eigenvalue weighted by Crippen LogP contribution is 2.14. The van der Waals surface area contributed by atoms with Crippen LogP contribution in [-0.2, 0) is 0 Å². The Bertz CT molecular complexity index is 539. The summed E-state index contributed by atoms with van der Waals surface area (Å²) in [5, 5.41) is 11.5. The number of carboxylic acid groups (broad SMARTS) is 1. The molecule has 100 valence electrons. The standard InChI is InChI=1S/C14H14FNO3/c15-12-8-9(14(18)19)6-7-11(12)13(17)16-10-4-2-1-3-5-10/h1-2,6-8,10H,3-5H2,(H,16,17)(H,18,19). The number of halogens is 1. The minimum absolute atomic E-state index is 0.0102. The van der Waals surface area contributed by atoms with Crippen LogP contribution in [0.4, 0.5) is 4.39 Å². The molecule has 4 nitrogen and oxygen atoms in total. The molecule has 1 atom stereocenters. The summed E-state index contributed by atoms with van der Waals surface area (Å²) >= 11 is 0. The van der Waals surface area contributed by atoms with E-state index in [-0.39, 0.29) is 17.2 Å². The van der Waals surface area contributed by atoms with Crippen LogP contribution in [0.15, 0.2) is 30.4 Å². The van der Waals surface area contributed by atoms with Crippen LogP contribution in [0, 0.1) is 5.82 Å². The van der Waals surface area contributed by atoms with Crippen molar-refractivity contribution in [3.63, 3.8) is 0 Å². The van der Waals surface area contributed by atoms with Gasteiger partial charge >= 0.3 is 5.97 Å². The topological polar surface area (TPSA) is 66.4 Å². The number of benzene rings is 1. The number of hydrogen-bond acceptors (Lipinski definition) is 2. The maximum Gasteiger partial charge on any atom is 0.335 e. The van der Waals surface area contributed by atoms with Gasteiger partial charge in [0, 0.05) is 6.04 Å². The highest BCUT2D eigenvalue weighted by molar-refractivity contribution is 5.96. The Morgan fingerprint density at radius 3 is 2.68 bits per heavy atom. The van der Waals surface area contributed by atoms with Crippen molar-refractivity contribution in [3.8, 4) is 0 Å². The molecular weight excluding hydrogens is 249 g/mol. The fraction of sp³-hybridized carbons (Fsp3) is 0.286. The third-order valence-corrected chi connectivity index (χ3v) is 3.06. The third-order valence-electron chi connectivity index (χ3n) is 3.06. The molecule has 1 amide bonds. The first-order chi connectivity index (χ1) is 9.08. The van der Waals surface area contributed by atoms with Crippen LogP contribution in [-0.4, -0.2) is 23.0 Å². The Kier molecular flexibility index (Phi) is 3.94. The van der Waals surface area contributed by atoms with E-state index in [1.165, 1.54) is 12.1 Å². The zero-order valence-electron chi connectivity index (χ0n) is 10.2. The van der Waals surface area contributed by atoms with Gasteiger partial charge in [0.05, 0.1) is 11.1 Å². The van der Waals surface area contributed by atoms with Gasteiger partial charge in [0.1, 0.15) is 5.82 Å². The molecule has 0 radical (unpaired) electrons. The van der Waals surface area contributed by atoms with Gasteiger partial charge in [0.2, 0.25) is 0 Å². The molecule has 0 fully saturated rings. The van der Waals surface area contributed by atoms with Crippen LogP contribution in [0.2, 0.25) is 0 Å². The number of rotatable bonds is 3. The minimum Gasteiger partial charge on any atom is -0.478 e. The molecule has 0 saturated heterocycles. The fourth-order valence-electron chi connectivity index (χ4n) is 2.02. The summed E-state index contributed by atoms with van der Waals surface area (Å²) in [5.41, 5.74) is -0.297. The molecule has 2 rings (SSSR count). The Morgan fingerprint density at radius 1 is 1.32 bits per heavy atom. The second-order valence-corrected chi connectivity index (χ2v) is 4.45. The summed E-state index contributed by atoms with van der Waals surface area (Å²) in [7, 11) is 0. The van der Waals surface area contributed by atoms with Gasteiger partial charge in [-0.2, -0.15) is 0 Å². The molecule has 1 aromatic rings. The van der Waals surface area contributed by atoms with E-state index < -0.39 is 17.7 Å². The summed E-state index contributed by atoms with van der Waals surface area (Å²) in [6.45, 7) is 0. The Balaban J connectivity index is 2.10. The van der Waals surface area contributed by atoms with E-state index in [2.05, 4.69) is 5.32 Å². The molecule has 1 aromatic carbocycles. The Hall–Kier alpha value is -2.17. The van der Waals surface area contributed by atoms with Gasteiger partial charge in [0.25, 0.3) is 5.91 Å². The van der Waals surface area contributed by atoms with Crippen molar-refractivity contribution in [2.45, 2.75) is 25.3 Å². The van der Waals surface area contributed by atoms with Gasteiger partial charge in [-0.3, -0.25) is 4.79 Å². The van der Waals surface area contributed by atoms with Gasteiger partial charge in [-0.15, -0.1) is 0 Å². The largest absolute Gasteiger partial charge is 0.478 e. The number of allylic oxidation sites excluding steroid dienone is 1. The zero-order chi connectivity index (χ0) is 13.8. The fourth-order valence-corrected chi connectivity index (χ4v) is 2.02. The van der Waals surface area contributed by atoms with Gasteiger partial charge in [-0.1, -0.05) is 12.2 Å². The van der Waals surface area contributed by atoms with Crippen LogP contribution < -0.4 is 5.32 Å². The molecule has 2 N–H and O–H groups in total. The third kappa shape index (κ3) is 3.19. The molecule has 0 saturated carbocycles. The van der Waals surface area contributed by atoms with Crippen molar-refractivity contribution in [1.82, 2.24) is 5.32 Å². The van der Waals surface area contributed by atoms with Crippen LogP contribution in [0.1, 0.15) is 40.0 Å². The molecule has 19 heavy (non-hydrogen) atoms. The van der Waals surface area contributed by atoms with E-state index in [0.29, 0.717) is 0 Å². The summed E-state index contributed by atoms with van der Waals surface area (Å²) in [5.74, 6) is -2.54. The molecule has 0 spiro atoms. The lowest BCUT2D eigenvalue weighted by molar-refractivity contribution is 0.0695. The van der Waals surface area contributed by atoms with Crippen molar-refractivity contribution in [1.29, 1.82) is 0 Å². The van der Waals surface area contributed by atoms with E-state index in [4.69, 9.17) is 5.11 Å². The summed E-state index contributed by atoms with van der Waals surface area (Å²) < 4.78 is 13.7. The molecule has 1 unspecified atom stereocenters. The van der Waals surface area contributed by atoms with Gasteiger partial charge in [-0.05, 0) is 37.5 Å². The highest BCUT2D eigenvalue weighted by Gasteiger charge is 2.18. The first kappa shape index (κ1) is 13.3. The normalized spacial score (nSPS) is 18.1. The number of nitrogens with one attached hydrogen (secondary N) is 1. The second kappa shape index (κ2) is 5.65. The van der Waals surface area contributed by atoms with Crippen LogP contribution in [0.25, 0.3) is 0 Å². The number of carbonyl (C=O) groups is 2. The number of hydrogen-bond donors (Lipinski definition) is 2. The molecule has 0 aromatic heterocycles. The summed E-state index contributed by atoms with van der Waals surface area (Å²) in [6.07, 6.45) is 6.49. The minimum atomic E-state index is -1.22. The van der Waals surface area contributed by atoms with E-state index in [0.717, 1.165) is 25.3 Å². The smallest absolute Gasteiger partial charge is 0.335 e. The average molecular weight is 263 g/mol. The van der Waals surface area contributed by atoms with Crippen LogP contribution in [0.3, 0.4) is 0 Å². The average Bonchev–Trinajstić information content (AvgIpc) is 2.39. The lowest BCUT2D eigenvalue weighted by Gasteiger charge is -2.19. The molecule has 5 heteroatoms. The molecule has 1 aliphatic rings. The predicted molar refractivity (Wildman–Crippen MR) is 67.6 cm³/mol. The quantitative estimate of drug-likeness (QED) is 0.823. The van der Waals surface area contributed by atoms with Crippen molar-refractivity contribution in [2.75, 3.05) is 0 Å². The lowest BCUT2D eigenvalue weighted by atomic mass is 10.0. The van der Waals surface area contributed by atoms with E-state index in [9.17, 15) is 14.0 Å². The molecule has 1 aliphatic carbocycles. The second-order valence-electron chi connectivity index (χ2n) is 4.45. The molecule has 0 heterocycles. The lowest BCUT2D eigenvalue weighted by Crippen LogP contribution is -2.35. The van der Waals surface area contributed by atoms with Crippen LogP contribution >= 0.6 is 0 Å². The number of carboxylic acids is 1. The summed E-state index contributed by atoms with van der Waals surface area (Å²) in [6, 6.07) is 3.29. The predicted octanol–water partition coefficient (Wildman–Crippen LogP) is 2.36. The Morgan fingerprint density at radius 2 is 2.11 bits per heavy atom. The Labute approximate surface area is 109 Å². The molecular formula is C14H14FNO3. The zero-order valence-corrected chi connectivity index (χ0v) is 10.2.